The van der Waals surface area contributed by atoms with Crippen LogP contribution in [0.5, 0.6) is 0 Å². The second-order valence-corrected chi connectivity index (χ2v) is 5.35. The minimum absolute atomic E-state index is 0.498. The summed E-state index contributed by atoms with van der Waals surface area (Å²) in [4.78, 5) is 6.91. The van der Waals surface area contributed by atoms with Crippen molar-refractivity contribution in [1.29, 1.82) is 0 Å². The van der Waals surface area contributed by atoms with E-state index < -0.39 is 0 Å². The van der Waals surface area contributed by atoms with Crippen LogP contribution in [0.4, 0.5) is 0 Å². The topological polar surface area (TPSA) is 50.9 Å². The first-order valence-corrected chi connectivity index (χ1v) is 6.49. The third kappa shape index (κ3) is 3.63. The van der Waals surface area contributed by atoms with E-state index in [1.54, 1.807) is 0 Å². The molecule has 3 nitrogen and oxygen atoms in total. The fourth-order valence-corrected chi connectivity index (χ4v) is 2.52. The van der Waals surface area contributed by atoms with E-state index in [2.05, 4.69) is 29.4 Å². The van der Waals surface area contributed by atoms with Crippen LogP contribution in [-0.4, -0.2) is 4.98 Å². The van der Waals surface area contributed by atoms with Crippen LogP contribution in [0.25, 0.3) is 0 Å². The standard InChI is InChI=1S/C13H17N3S/c1-10-2-3-13(17-10)9-15-8-11-4-5-16-12(6-11)7-14/h2-6,15H,7-9,14H2,1H3. The molecule has 0 saturated heterocycles. The highest BCUT2D eigenvalue weighted by Gasteiger charge is 1.98. The molecular weight excluding hydrogens is 230 g/mol. The van der Waals surface area contributed by atoms with Gasteiger partial charge in [-0.1, -0.05) is 0 Å². The Labute approximate surface area is 106 Å². The number of nitrogens with zero attached hydrogens (tertiary/aromatic N) is 1. The fraction of sp³-hybridized carbons (Fsp3) is 0.308. The Hall–Kier alpha value is -1.23. The van der Waals surface area contributed by atoms with Gasteiger partial charge in [0.05, 0.1) is 5.69 Å². The summed E-state index contributed by atoms with van der Waals surface area (Å²) in [7, 11) is 0. The van der Waals surface area contributed by atoms with E-state index in [4.69, 9.17) is 5.73 Å². The van der Waals surface area contributed by atoms with Crippen molar-refractivity contribution in [3.05, 3.63) is 51.5 Å². The van der Waals surface area contributed by atoms with Crippen LogP contribution in [0.15, 0.2) is 30.5 Å². The molecule has 17 heavy (non-hydrogen) atoms. The van der Waals surface area contributed by atoms with Gasteiger partial charge in [0.1, 0.15) is 0 Å². The van der Waals surface area contributed by atoms with Gasteiger partial charge in [0.2, 0.25) is 0 Å². The first-order valence-electron chi connectivity index (χ1n) is 5.68. The summed E-state index contributed by atoms with van der Waals surface area (Å²) in [5.74, 6) is 0. The maximum Gasteiger partial charge on any atom is 0.0542 e. The molecule has 0 aromatic carbocycles. The zero-order valence-electron chi connectivity index (χ0n) is 9.94. The van der Waals surface area contributed by atoms with Crippen molar-refractivity contribution >= 4 is 11.3 Å². The van der Waals surface area contributed by atoms with E-state index in [-0.39, 0.29) is 0 Å². The Bertz CT molecular complexity index is 479. The number of hydrogen-bond donors (Lipinski definition) is 2. The van der Waals surface area contributed by atoms with Gasteiger partial charge < -0.3 is 11.1 Å². The van der Waals surface area contributed by atoms with Gasteiger partial charge in [0, 0.05) is 35.6 Å². The lowest BCUT2D eigenvalue weighted by atomic mass is 10.2. The summed E-state index contributed by atoms with van der Waals surface area (Å²) < 4.78 is 0. The van der Waals surface area contributed by atoms with Crippen LogP contribution >= 0.6 is 11.3 Å². The van der Waals surface area contributed by atoms with E-state index >= 15 is 0 Å². The number of nitrogens with one attached hydrogen (secondary N) is 1. The monoisotopic (exact) mass is 247 g/mol. The molecule has 3 N–H and O–H groups in total. The molecule has 0 fully saturated rings. The maximum absolute atomic E-state index is 5.56. The molecule has 0 aliphatic carbocycles. The molecule has 2 rings (SSSR count). The normalized spacial score (nSPS) is 10.7. The van der Waals surface area contributed by atoms with Crippen LogP contribution in [0.1, 0.15) is 21.0 Å². The Morgan fingerprint density at radius 2 is 2.18 bits per heavy atom. The zero-order chi connectivity index (χ0) is 12.1. The van der Waals surface area contributed by atoms with Crippen molar-refractivity contribution in [3.63, 3.8) is 0 Å². The molecule has 0 saturated carbocycles. The molecule has 2 aromatic heterocycles. The average Bonchev–Trinajstić information content (AvgIpc) is 2.75. The van der Waals surface area contributed by atoms with Gasteiger partial charge in [-0.05, 0) is 36.8 Å². The highest BCUT2D eigenvalue weighted by molar-refractivity contribution is 7.11. The Kier molecular flexibility index (Phi) is 4.25. The molecule has 0 unspecified atom stereocenters. The molecule has 90 valence electrons. The van der Waals surface area contributed by atoms with E-state index in [9.17, 15) is 0 Å². The van der Waals surface area contributed by atoms with E-state index in [0.29, 0.717) is 6.54 Å². The Morgan fingerprint density at radius 1 is 1.29 bits per heavy atom. The highest BCUT2D eigenvalue weighted by atomic mass is 32.1. The Balaban J connectivity index is 1.85. The van der Waals surface area contributed by atoms with E-state index in [1.807, 2.05) is 29.7 Å². The van der Waals surface area contributed by atoms with Crippen LogP contribution in [0.2, 0.25) is 0 Å². The SMILES string of the molecule is Cc1ccc(CNCc2ccnc(CN)c2)s1. The molecule has 0 spiro atoms. The van der Waals surface area contributed by atoms with Crippen molar-refractivity contribution in [2.24, 2.45) is 5.73 Å². The predicted octanol–water partition coefficient (Wildman–Crippen LogP) is 2.20. The van der Waals surface area contributed by atoms with Gasteiger partial charge in [-0.15, -0.1) is 11.3 Å². The minimum atomic E-state index is 0.498. The number of aromatic nitrogens is 1. The van der Waals surface area contributed by atoms with E-state index in [1.165, 1.54) is 15.3 Å². The molecule has 0 aliphatic heterocycles. The van der Waals surface area contributed by atoms with Gasteiger partial charge in [0.25, 0.3) is 0 Å². The number of hydrogen-bond acceptors (Lipinski definition) is 4. The van der Waals surface area contributed by atoms with Gasteiger partial charge in [-0.25, -0.2) is 0 Å². The summed E-state index contributed by atoms with van der Waals surface area (Å²) in [5, 5.41) is 3.42. The Morgan fingerprint density at radius 3 is 2.88 bits per heavy atom. The molecule has 0 atom stereocenters. The lowest BCUT2D eigenvalue weighted by Crippen LogP contribution is -2.12. The smallest absolute Gasteiger partial charge is 0.0542 e. The lowest BCUT2D eigenvalue weighted by Gasteiger charge is -2.04. The largest absolute Gasteiger partial charge is 0.325 e. The summed E-state index contributed by atoms with van der Waals surface area (Å²) in [6.45, 7) is 4.40. The fourth-order valence-electron chi connectivity index (χ4n) is 1.66. The summed E-state index contributed by atoms with van der Waals surface area (Å²) >= 11 is 1.84. The maximum atomic E-state index is 5.56. The zero-order valence-corrected chi connectivity index (χ0v) is 10.8. The van der Waals surface area contributed by atoms with E-state index in [0.717, 1.165) is 18.8 Å². The van der Waals surface area contributed by atoms with Crippen LogP contribution in [0.3, 0.4) is 0 Å². The minimum Gasteiger partial charge on any atom is -0.325 e. The molecule has 0 aliphatic rings. The molecular formula is C13H17N3S. The summed E-state index contributed by atoms with van der Waals surface area (Å²) in [6, 6.07) is 8.39. The first-order chi connectivity index (χ1) is 8.28. The molecule has 0 radical (unpaired) electrons. The summed E-state index contributed by atoms with van der Waals surface area (Å²) in [5.41, 5.74) is 7.73. The van der Waals surface area contributed by atoms with Gasteiger partial charge in [-0.2, -0.15) is 0 Å². The highest BCUT2D eigenvalue weighted by Crippen LogP contribution is 2.14. The second kappa shape index (κ2) is 5.91. The predicted molar refractivity (Wildman–Crippen MR) is 71.7 cm³/mol. The van der Waals surface area contributed by atoms with Gasteiger partial charge in [-0.3, -0.25) is 4.98 Å². The summed E-state index contributed by atoms with van der Waals surface area (Å²) in [6.07, 6.45) is 1.81. The number of thiophene rings is 1. The van der Waals surface area contributed by atoms with Crippen LogP contribution in [-0.2, 0) is 19.6 Å². The lowest BCUT2D eigenvalue weighted by molar-refractivity contribution is 0.698. The average molecular weight is 247 g/mol. The first kappa shape index (κ1) is 12.2. The van der Waals surface area contributed by atoms with Crippen LogP contribution in [0, 0.1) is 6.92 Å². The quantitative estimate of drug-likeness (QED) is 0.851. The number of aryl methyl sites for hydroxylation is 1. The molecule has 0 bridgehead atoms. The van der Waals surface area contributed by atoms with Crippen LogP contribution < -0.4 is 11.1 Å². The number of nitrogens with two attached hydrogens (primary N) is 1. The van der Waals surface area contributed by atoms with Gasteiger partial charge >= 0.3 is 0 Å². The number of rotatable bonds is 5. The van der Waals surface area contributed by atoms with Crippen molar-refractivity contribution in [2.45, 2.75) is 26.6 Å². The van der Waals surface area contributed by atoms with Crippen molar-refractivity contribution < 1.29 is 0 Å². The molecule has 0 amide bonds. The molecule has 2 heterocycles. The number of pyridine rings is 1. The third-order valence-corrected chi connectivity index (χ3v) is 3.52. The van der Waals surface area contributed by atoms with Crippen molar-refractivity contribution in [1.82, 2.24) is 10.3 Å². The molecule has 4 heteroatoms. The van der Waals surface area contributed by atoms with Crippen molar-refractivity contribution in [2.75, 3.05) is 0 Å². The molecule has 2 aromatic rings. The van der Waals surface area contributed by atoms with Crippen molar-refractivity contribution in [3.8, 4) is 0 Å². The second-order valence-electron chi connectivity index (χ2n) is 3.98. The van der Waals surface area contributed by atoms with Gasteiger partial charge in [0.15, 0.2) is 0 Å². The third-order valence-electron chi connectivity index (χ3n) is 2.51.